The Kier molecular flexibility index (Phi) is 5.31. The van der Waals surface area contributed by atoms with E-state index >= 15 is 0 Å². The topological polar surface area (TPSA) is 94.7 Å². The van der Waals surface area contributed by atoms with Crippen LogP contribution in [0.5, 0.6) is 0 Å². The SMILES string of the molecule is O=C(N[C@H]1CC[C@H](Nc2cc(-c3c[nH]c4ncccc34)cc(Cl)n2)CC1)[C@@H]1CCN1. The summed E-state index contributed by atoms with van der Waals surface area (Å²) in [5.41, 5.74) is 2.92. The van der Waals surface area contributed by atoms with E-state index in [-0.39, 0.29) is 18.0 Å². The number of carbonyl (C=O) groups excluding carboxylic acids is 1. The van der Waals surface area contributed by atoms with Gasteiger partial charge in [-0.2, -0.15) is 0 Å². The summed E-state index contributed by atoms with van der Waals surface area (Å²) >= 11 is 6.33. The third-order valence-electron chi connectivity index (χ3n) is 6.12. The van der Waals surface area contributed by atoms with Crippen LogP contribution in [-0.2, 0) is 4.79 Å². The fraction of sp³-hybridized carbons (Fsp3) is 0.409. The highest BCUT2D eigenvalue weighted by molar-refractivity contribution is 6.29. The number of amides is 1. The molecule has 30 heavy (non-hydrogen) atoms. The number of hydrogen-bond acceptors (Lipinski definition) is 5. The molecule has 0 bridgehead atoms. The smallest absolute Gasteiger partial charge is 0.237 e. The molecule has 5 rings (SSSR count). The monoisotopic (exact) mass is 424 g/mol. The first-order chi connectivity index (χ1) is 14.7. The van der Waals surface area contributed by atoms with Crippen molar-refractivity contribution in [3.63, 3.8) is 0 Å². The quantitative estimate of drug-likeness (QED) is 0.470. The van der Waals surface area contributed by atoms with Crippen molar-refractivity contribution in [3.8, 4) is 11.1 Å². The van der Waals surface area contributed by atoms with Crippen LogP contribution in [0.15, 0.2) is 36.7 Å². The first-order valence-electron chi connectivity index (χ1n) is 10.6. The van der Waals surface area contributed by atoms with Crippen molar-refractivity contribution >= 4 is 34.4 Å². The minimum atomic E-state index is 0.00893. The van der Waals surface area contributed by atoms with Crippen LogP contribution in [0.3, 0.4) is 0 Å². The standard InChI is InChI=1S/C22H25ClN6O/c23-19-10-13(17-12-26-21-16(17)2-1-8-25-21)11-20(29-19)27-14-3-5-15(6-4-14)28-22(30)18-7-9-24-18/h1-2,8,10-12,14-15,18,24H,3-7,9H2,(H,25,26)(H,27,29)(H,28,30)/t14-,15-,18-/m0/s1. The van der Waals surface area contributed by atoms with Crippen LogP contribution in [0, 0.1) is 0 Å². The number of aromatic nitrogens is 3. The normalized spacial score (nSPS) is 23.7. The van der Waals surface area contributed by atoms with Crippen LogP contribution in [0.25, 0.3) is 22.2 Å². The number of aromatic amines is 1. The number of fused-ring (bicyclic) bond motifs is 1. The van der Waals surface area contributed by atoms with Crippen LogP contribution < -0.4 is 16.0 Å². The molecule has 1 atom stereocenters. The minimum Gasteiger partial charge on any atom is -0.367 e. The highest BCUT2D eigenvalue weighted by atomic mass is 35.5. The van der Waals surface area contributed by atoms with E-state index in [1.807, 2.05) is 30.5 Å². The zero-order valence-corrected chi connectivity index (χ0v) is 17.4. The number of pyridine rings is 2. The van der Waals surface area contributed by atoms with Gasteiger partial charge in [0.15, 0.2) is 0 Å². The van der Waals surface area contributed by atoms with Crippen LogP contribution in [0.2, 0.25) is 5.15 Å². The Morgan fingerprint density at radius 3 is 2.70 bits per heavy atom. The van der Waals surface area contributed by atoms with E-state index in [1.165, 1.54) is 0 Å². The molecule has 1 amide bonds. The molecule has 1 saturated heterocycles. The Morgan fingerprint density at radius 1 is 1.13 bits per heavy atom. The average molecular weight is 425 g/mol. The number of anilines is 1. The van der Waals surface area contributed by atoms with Crippen molar-refractivity contribution < 1.29 is 4.79 Å². The molecule has 0 unspecified atom stereocenters. The van der Waals surface area contributed by atoms with Crippen molar-refractivity contribution in [1.82, 2.24) is 25.6 Å². The van der Waals surface area contributed by atoms with E-state index in [1.54, 1.807) is 6.20 Å². The van der Waals surface area contributed by atoms with Gasteiger partial charge in [0, 0.05) is 35.4 Å². The van der Waals surface area contributed by atoms with Gasteiger partial charge in [-0.15, -0.1) is 0 Å². The predicted octanol–water partition coefficient (Wildman–Crippen LogP) is 3.48. The third kappa shape index (κ3) is 4.00. The van der Waals surface area contributed by atoms with E-state index in [9.17, 15) is 4.79 Å². The largest absolute Gasteiger partial charge is 0.367 e. The van der Waals surface area contributed by atoms with Crippen molar-refractivity contribution in [1.29, 1.82) is 0 Å². The summed E-state index contributed by atoms with van der Waals surface area (Å²) < 4.78 is 0. The molecule has 0 aromatic carbocycles. The van der Waals surface area contributed by atoms with Gasteiger partial charge in [-0.1, -0.05) is 11.6 Å². The van der Waals surface area contributed by atoms with Gasteiger partial charge in [-0.25, -0.2) is 9.97 Å². The van der Waals surface area contributed by atoms with Gasteiger partial charge in [-0.3, -0.25) is 4.79 Å². The molecule has 1 aliphatic carbocycles. The Bertz CT molecular complexity index is 1050. The van der Waals surface area contributed by atoms with Gasteiger partial charge in [-0.05, 0) is 68.5 Å². The highest BCUT2D eigenvalue weighted by Crippen LogP contribution is 2.31. The predicted molar refractivity (Wildman–Crippen MR) is 119 cm³/mol. The van der Waals surface area contributed by atoms with Crippen molar-refractivity contribution in [2.75, 3.05) is 11.9 Å². The second kappa shape index (κ2) is 8.24. The first-order valence-corrected chi connectivity index (χ1v) is 10.9. The number of H-pyrrole nitrogens is 1. The summed E-state index contributed by atoms with van der Waals surface area (Å²) in [6.07, 6.45) is 8.59. The molecule has 4 heterocycles. The minimum absolute atomic E-state index is 0.00893. The molecule has 3 aromatic heterocycles. The summed E-state index contributed by atoms with van der Waals surface area (Å²) in [6.45, 7) is 0.943. The molecular weight excluding hydrogens is 400 g/mol. The molecule has 4 N–H and O–H groups in total. The second-order valence-electron chi connectivity index (χ2n) is 8.16. The van der Waals surface area contributed by atoms with Crippen LogP contribution >= 0.6 is 11.6 Å². The summed E-state index contributed by atoms with van der Waals surface area (Å²) in [4.78, 5) is 24.2. The summed E-state index contributed by atoms with van der Waals surface area (Å²) in [5.74, 6) is 0.925. The number of nitrogens with zero attached hydrogens (tertiary/aromatic N) is 2. The number of hydrogen-bond donors (Lipinski definition) is 4. The number of carbonyl (C=O) groups is 1. The average Bonchev–Trinajstić information content (AvgIpc) is 3.12. The molecule has 2 aliphatic rings. The van der Waals surface area contributed by atoms with E-state index in [0.717, 1.165) is 66.6 Å². The maximum atomic E-state index is 12.1. The van der Waals surface area contributed by atoms with Gasteiger partial charge in [0.25, 0.3) is 0 Å². The van der Waals surface area contributed by atoms with E-state index < -0.39 is 0 Å². The molecule has 8 heteroatoms. The molecule has 1 saturated carbocycles. The zero-order chi connectivity index (χ0) is 20.5. The summed E-state index contributed by atoms with van der Waals surface area (Å²) in [6, 6.07) is 8.49. The van der Waals surface area contributed by atoms with Gasteiger partial charge in [0.2, 0.25) is 5.91 Å². The van der Waals surface area contributed by atoms with Gasteiger partial charge in [0.1, 0.15) is 16.6 Å². The Morgan fingerprint density at radius 2 is 1.93 bits per heavy atom. The van der Waals surface area contributed by atoms with Crippen LogP contribution in [0.1, 0.15) is 32.1 Å². The number of rotatable bonds is 5. The van der Waals surface area contributed by atoms with Crippen molar-refractivity contribution in [2.45, 2.75) is 50.2 Å². The summed E-state index contributed by atoms with van der Waals surface area (Å²) in [5, 5.41) is 11.4. The maximum absolute atomic E-state index is 12.1. The lowest BCUT2D eigenvalue weighted by molar-refractivity contribution is -0.125. The Labute approximate surface area is 180 Å². The molecule has 0 spiro atoms. The fourth-order valence-corrected chi connectivity index (χ4v) is 4.54. The highest BCUT2D eigenvalue weighted by Gasteiger charge is 2.28. The van der Waals surface area contributed by atoms with Gasteiger partial charge < -0.3 is 20.9 Å². The lowest BCUT2D eigenvalue weighted by Gasteiger charge is -2.33. The van der Waals surface area contributed by atoms with Gasteiger partial charge in [0.05, 0.1) is 6.04 Å². The maximum Gasteiger partial charge on any atom is 0.237 e. The molecule has 2 fully saturated rings. The molecule has 7 nitrogen and oxygen atoms in total. The molecule has 1 aliphatic heterocycles. The number of nitrogens with one attached hydrogen (secondary N) is 4. The zero-order valence-electron chi connectivity index (χ0n) is 16.6. The van der Waals surface area contributed by atoms with Crippen molar-refractivity contribution in [2.24, 2.45) is 0 Å². The summed E-state index contributed by atoms with van der Waals surface area (Å²) in [7, 11) is 0. The first kappa shape index (κ1) is 19.3. The Balaban J connectivity index is 1.24. The lowest BCUT2D eigenvalue weighted by atomic mass is 9.90. The lowest BCUT2D eigenvalue weighted by Crippen LogP contribution is -2.55. The van der Waals surface area contributed by atoms with E-state index in [2.05, 4.69) is 30.9 Å². The van der Waals surface area contributed by atoms with Crippen LogP contribution in [0.4, 0.5) is 5.82 Å². The molecular formula is C22H25ClN6O. The van der Waals surface area contributed by atoms with E-state index in [0.29, 0.717) is 11.2 Å². The second-order valence-corrected chi connectivity index (χ2v) is 8.55. The van der Waals surface area contributed by atoms with Crippen molar-refractivity contribution in [3.05, 3.63) is 41.8 Å². The van der Waals surface area contributed by atoms with E-state index in [4.69, 9.17) is 11.6 Å². The Hall–Kier alpha value is -2.64. The third-order valence-corrected chi connectivity index (χ3v) is 6.32. The molecule has 3 aromatic rings. The molecule has 0 radical (unpaired) electrons. The molecule has 156 valence electrons. The van der Waals surface area contributed by atoms with Crippen LogP contribution in [-0.4, -0.2) is 45.5 Å². The fourth-order valence-electron chi connectivity index (χ4n) is 4.33. The number of halogens is 1. The van der Waals surface area contributed by atoms with Gasteiger partial charge >= 0.3 is 0 Å².